The molecule has 0 radical (unpaired) electrons. The topological polar surface area (TPSA) is 20.2 Å². The Morgan fingerprint density at radius 3 is 2.17 bits per heavy atom. The highest BCUT2D eigenvalue weighted by Crippen LogP contribution is 2.45. The summed E-state index contributed by atoms with van der Waals surface area (Å²) in [6.45, 7) is 11.0. The van der Waals surface area contributed by atoms with Crippen LogP contribution in [0.2, 0.25) is 0 Å². The summed E-state index contributed by atoms with van der Waals surface area (Å²) in [6, 6.07) is 4.44. The molecule has 0 atom stereocenters. The van der Waals surface area contributed by atoms with Crippen LogP contribution in [-0.4, -0.2) is 5.11 Å². The first-order valence-electron chi connectivity index (χ1n) is 7.18. The summed E-state index contributed by atoms with van der Waals surface area (Å²) in [5, 5.41) is 10.5. The lowest BCUT2D eigenvalue weighted by Gasteiger charge is -2.30. The second-order valence-corrected chi connectivity index (χ2v) is 7.04. The molecular weight excluding hydrogens is 220 g/mol. The van der Waals surface area contributed by atoms with Crippen molar-refractivity contribution in [2.75, 3.05) is 0 Å². The molecule has 1 heteroatoms. The van der Waals surface area contributed by atoms with Gasteiger partial charge in [-0.3, -0.25) is 0 Å². The third kappa shape index (κ3) is 2.41. The number of rotatable bonds is 2. The zero-order valence-electron chi connectivity index (χ0n) is 12.4. The van der Waals surface area contributed by atoms with Crippen molar-refractivity contribution in [1.29, 1.82) is 0 Å². The van der Waals surface area contributed by atoms with Gasteiger partial charge in [-0.1, -0.05) is 53.2 Å². The quantitative estimate of drug-likeness (QED) is 0.771. The average Bonchev–Trinajstić information content (AvgIpc) is 2.15. The molecule has 1 saturated carbocycles. The summed E-state index contributed by atoms with van der Waals surface area (Å²) in [6.07, 6.45) is 3.78. The van der Waals surface area contributed by atoms with Crippen LogP contribution in [0.4, 0.5) is 0 Å². The maximum absolute atomic E-state index is 10.5. The molecule has 1 nitrogen and oxygen atoms in total. The van der Waals surface area contributed by atoms with E-state index in [0.717, 1.165) is 5.56 Å². The van der Waals surface area contributed by atoms with Gasteiger partial charge in [0, 0.05) is 0 Å². The minimum Gasteiger partial charge on any atom is -0.507 e. The Hall–Kier alpha value is -0.980. The number of aromatic hydroxyl groups is 1. The molecule has 1 aliphatic rings. The van der Waals surface area contributed by atoms with Crippen molar-refractivity contribution in [2.24, 2.45) is 0 Å². The molecule has 0 bridgehead atoms. The van der Waals surface area contributed by atoms with E-state index in [9.17, 15) is 5.11 Å². The maximum atomic E-state index is 10.5. The molecule has 1 aromatic rings. The van der Waals surface area contributed by atoms with Gasteiger partial charge >= 0.3 is 0 Å². The van der Waals surface area contributed by atoms with Gasteiger partial charge in [0.25, 0.3) is 0 Å². The van der Waals surface area contributed by atoms with E-state index in [-0.39, 0.29) is 5.41 Å². The van der Waals surface area contributed by atoms with Gasteiger partial charge in [0.1, 0.15) is 5.75 Å². The lowest BCUT2D eigenvalue weighted by atomic mass is 9.75. The van der Waals surface area contributed by atoms with Crippen LogP contribution in [0.15, 0.2) is 12.1 Å². The molecule has 1 N–H and O–H groups in total. The van der Waals surface area contributed by atoms with E-state index in [1.165, 1.54) is 30.4 Å². The Bertz CT molecular complexity index is 434. The van der Waals surface area contributed by atoms with Crippen molar-refractivity contribution in [3.63, 3.8) is 0 Å². The first-order valence-corrected chi connectivity index (χ1v) is 7.18. The third-order valence-electron chi connectivity index (χ3n) is 4.20. The summed E-state index contributed by atoms with van der Waals surface area (Å²) < 4.78 is 0. The van der Waals surface area contributed by atoms with Gasteiger partial charge in [-0.25, -0.2) is 0 Å². The SMILES string of the molecule is CC(C)c1cc(C(C)(C)C)cc(C2CCC2)c1O. The van der Waals surface area contributed by atoms with Crippen LogP contribution in [-0.2, 0) is 5.41 Å². The van der Waals surface area contributed by atoms with Crippen LogP contribution in [0.25, 0.3) is 0 Å². The molecule has 1 aliphatic carbocycles. The third-order valence-corrected chi connectivity index (χ3v) is 4.20. The van der Waals surface area contributed by atoms with Crippen LogP contribution in [0.3, 0.4) is 0 Å². The highest BCUT2D eigenvalue weighted by molar-refractivity contribution is 5.49. The Morgan fingerprint density at radius 1 is 1.17 bits per heavy atom. The van der Waals surface area contributed by atoms with Gasteiger partial charge in [-0.2, -0.15) is 0 Å². The standard InChI is InChI=1S/C17H26O/c1-11(2)14-9-13(17(3,4)5)10-15(16(14)18)12-7-6-8-12/h9-12,18H,6-8H2,1-5H3. The fourth-order valence-corrected chi connectivity index (χ4v) is 2.58. The highest BCUT2D eigenvalue weighted by Gasteiger charge is 2.27. The Labute approximate surface area is 111 Å². The number of phenols is 1. The molecule has 1 aromatic carbocycles. The second kappa shape index (κ2) is 4.60. The lowest BCUT2D eigenvalue weighted by molar-refractivity contribution is 0.388. The molecule has 0 heterocycles. The number of hydrogen-bond donors (Lipinski definition) is 1. The summed E-state index contributed by atoms with van der Waals surface area (Å²) in [4.78, 5) is 0. The first kappa shape index (κ1) is 13.5. The molecule has 0 saturated heterocycles. The Morgan fingerprint density at radius 2 is 1.78 bits per heavy atom. The molecule has 0 amide bonds. The summed E-state index contributed by atoms with van der Waals surface area (Å²) in [7, 11) is 0. The second-order valence-electron chi connectivity index (χ2n) is 7.04. The molecule has 0 aliphatic heterocycles. The van der Waals surface area contributed by atoms with Crippen molar-refractivity contribution in [3.05, 3.63) is 28.8 Å². The van der Waals surface area contributed by atoms with E-state index in [1.807, 2.05) is 0 Å². The molecule has 0 unspecified atom stereocenters. The van der Waals surface area contributed by atoms with E-state index < -0.39 is 0 Å². The summed E-state index contributed by atoms with van der Waals surface area (Å²) in [5.74, 6) is 1.53. The van der Waals surface area contributed by atoms with E-state index in [2.05, 4.69) is 46.8 Å². The zero-order valence-corrected chi connectivity index (χ0v) is 12.4. The maximum Gasteiger partial charge on any atom is 0.122 e. The van der Waals surface area contributed by atoms with Crippen molar-refractivity contribution in [1.82, 2.24) is 0 Å². The van der Waals surface area contributed by atoms with Crippen molar-refractivity contribution < 1.29 is 5.11 Å². The van der Waals surface area contributed by atoms with Crippen LogP contribution in [0, 0.1) is 0 Å². The number of hydrogen-bond acceptors (Lipinski definition) is 1. The molecule has 1 fully saturated rings. The molecule has 18 heavy (non-hydrogen) atoms. The minimum absolute atomic E-state index is 0.149. The molecule has 0 aromatic heterocycles. The first-order chi connectivity index (χ1) is 8.30. The van der Waals surface area contributed by atoms with Crippen molar-refractivity contribution >= 4 is 0 Å². The van der Waals surface area contributed by atoms with Crippen LogP contribution >= 0.6 is 0 Å². The van der Waals surface area contributed by atoms with Gasteiger partial charge in [-0.05, 0) is 46.8 Å². The summed E-state index contributed by atoms with van der Waals surface area (Å²) in [5.41, 5.74) is 3.81. The molecular formula is C17H26O. The van der Waals surface area contributed by atoms with Crippen LogP contribution in [0.1, 0.15) is 82.4 Å². The lowest BCUT2D eigenvalue weighted by Crippen LogP contribution is -2.16. The largest absolute Gasteiger partial charge is 0.507 e. The number of phenolic OH excluding ortho intramolecular Hbond substituents is 1. The van der Waals surface area contributed by atoms with Crippen molar-refractivity contribution in [3.8, 4) is 5.75 Å². The van der Waals surface area contributed by atoms with Crippen molar-refractivity contribution in [2.45, 2.75) is 71.1 Å². The van der Waals surface area contributed by atoms with Gasteiger partial charge in [0.2, 0.25) is 0 Å². The Kier molecular flexibility index (Phi) is 3.44. The molecule has 0 spiro atoms. The fraction of sp³-hybridized carbons (Fsp3) is 0.647. The predicted molar refractivity (Wildman–Crippen MR) is 77.5 cm³/mol. The average molecular weight is 246 g/mol. The van der Waals surface area contributed by atoms with Gasteiger partial charge < -0.3 is 5.11 Å². The van der Waals surface area contributed by atoms with E-state index in [0.29, 0.717) is 17.6 Å². The van der Waals surface area contributed by atoms with E-state index >= 15 is 0 Å². The molecule has 100 valence electrons. The zero-order chi connectivity index (χ0) is 13.5. The predicted octanol–water partition coefficient (Wildman–Crippen LogP) is 5.08. The highest BCUT2D eigenvalue weighted by atomic mass is 16.3. The number of benzene rings is 1. The van der Waals surface area contributed by atoms with Gasteiger partial charge in [0.15, 0.2) is 0 Å². The van der Waals surface area contributed by atoms with E-state index in [1.54, 1.807) is 0 Å². The monoisotopic (exact) mass is 246 g/mol. The smallest absolute Gasteiger partial charge is 0.122 e. The van der Waals surface area contributed by atoms with E-state index in [4.69, 9.17) is 0 Å². The Balaban J connectivity index is 2.54. The summed E-state index contributed by atoms with van der Waals surface area (Å²) >= 11 is 0. The van der Waals surface area contributed by atoms with Gasteiger partial charge in [-0.15, -0.1) is 0 Å². The van der Waals surface area contributed by atoms with Crippen LogP contribution < -0.4 is 0 Å². The van der Waals surface area contributed by atoms with Gasteiger partial charge in [0.05, 0.1) is 0 Å². The normalized spacial score (nSPS) is 17.0. The minimum atomic E-state index is 0.149. The van der Waals surface area contributed by atoms with Crippen LogP contribution in [0.5, 0.6) is 5.75 Å². The fourth-order valence-electron chi connectivity index (χ4n) is 2.58. The molecule has 2 rings (SSSR count).